The summed E-state index contributed by atoms with van der Waals surface area (Å²) < 4.78 is 26.1. The standard InChI is InChI=1S/C17H17F2NO/c1-10(2)13-6-4-5-11(3)16(13)20-17(21)12-7-8-14(18)15(19)9-12/h4-10H,1-3H3,(H,20,21). The van der Waals surface area contributed by atoms with Crippen LogP contribution in [-0.2, 0) is 0 Å². The maximum atomic E-state index is 13.2. The monoisotopic (exact) mass is 289 g/mol. The van der Waals surface area contributed by atoms with Gasteiger partial charge in [0, 0.05) is 11.3 Å². The Morgan fingerprint density at radius 1 is 1.10 bits per heavy atom. The van der Waals surface area contributed by atoms with E-state index in [0.29, 0.717) is 0 Å². The van der Waals surface area contributed by atoms with E-state index in [2.05, 4.69) is 5.32 Å². The highest BCUT2D eigenvalue weighted by Crippen LogP contribution is 2.27. The fourth-order valence-corrected chi connectivity index (χ4v) is 2.17. The number of carbonyl (C=O) groups excluding carboxylic acids is 1. The van der Waals surface area contributed by atoms with Crippen LogP contribution in [0.2, 0.25) is 0 Å². The summed E-state index contributed by atoms with van der Waals surface area (Å²) in [6.45, 7) is 5.96. The van der Waals surface area contributed by atoms with E-state index in [-0.39, 0.29) is 11.5 Å². The number of halogens is 2. The van der Waals surface area contributed by atoms with Crippen LogP contribution < -0.4 is 5.32 Å². The van der Waals surface area contributed by atoms with Crippen LogP contribution in [0.4, 0.5) is 14.5 Å². The number of nitrogens with one attached hydrogen (secondary N) is 1. The number of para-hydroxylation sites is 1. The zero-order valence-corrected chi connectivity index (χ0v) is 12.2. The lowest BCUT2D eigenvalue weighted by atomic mass is 9.98. The topological polar surface area (TPSA) is 29.1 Å². The van der Waals surface area contributed by atoms with Gasteiger partial charge in [0.25, 0.3) is 5.91 Å². The highest BCUT2D eigenvalue weighted by Gasteiger charge is 2.14. The third kappa shape index (κ3) is 3.27. The van der Waals surface area contributed by atoms with Crippen LogP contribution in [0.1, 0.15) is 41.3 Å². The molecule has 0 aliphatic heterocycles. The first kappa shape index (κ1) is 15.2. The van der Waals surface area contributed by atoms with Crippen molar-refractivity contribution < 1.29 is 13.6 Å². The molecule has 4 heteroatoms. The van der Waals surface area contributed by atoms with Gasteiger partial charge in [-0.3, -0.25) is 4.79 Å². The summed E-state index contributed by atoms with van der Waals surface area (Å²) in [5, 5.41) is 2.80. The summed E-state index contributed by atoms with van der Waals surface area (Å²) in [6.07, 6.45) is 0. The van der Waals surface area contributed by atoms with Gasteiger partial charge in [-0.15, -0.1) is 0 Å². The third-order valence-electron chi connectivity index (χ3n) is 3.35. The van der Waals surface area contributed by atoms with Crippen molar-refractivity contribution in [2.45, 2.75) is 26.7 Å². The molecule has 0 aliphatic rings. The summed E-state index contributed by atoms with van der Waals surface area (Å²) in [5.41, 5.74) is 2.75. The predicted octanol–water partition coefficient (Wildman–Crippen LogP) is 4.65. The largest absolute Gasteiger partial charge is 0.321 e. The Morgan fingerprint density at radius 3 is 2.43 bits per heavy atom. The van der Waals surface area contributed by atoms with Crippen molar-refractivity contribution in [2.24, 2.45) is 0 Å². The van der Waals surface area contributed by atoms with Gasteiger partial charge in [0.05, 0.1) is 0 Å². The molecular formula is C17H17F2NO. The second-order valence-corrected chi connectivity index (χ2v) is 5.28. The Balaban J connectivity index is 2.33. The minimum atomic E-state index is -1.03. The summed E-state index contributed by atoms with van der Waals surface area (Å²) >= 11 is 0. The van der Waals surface area contributed by atoms with E-state index in [9.17, 15) is 13.6 Å². The first-order valence-corrected chi connectivity index (χ1v) is 6.76. The van der Waals surface area contributed by atoms with Crippen molar-refractivity contribution in [3.8, 4) is 0 Å². The van der Waals surface area contributed by atoms with Gasteiger partial charge in [-0.2, -0.15) is 0 Å². The SMILES string of the molecule is Cc1cccc(C(C)C)c1NC(=O)c1ccc(F)c(F)c1. The molecule has 2 nitrogen and oxygen atoms in total. The fraction of sp³-hybridized carbons (Fsp3) is 0.235. The first-order valence-electron chi connectivity index (χ1n) is 6.76. The predicted molar refractivity (Wildman–Crippen MR) is 79.6 cm³/mol. The molecule has 1 N–H and O–H groups in total. The maximum Gasteiger partial charge on any atom is 0.255 e. The minimum absolute atomic E-state index is 0.0897. The number of benzene rings is 2. The van der Waals surface area contributed by atoms with Gasteiger partial charge in [-0.05, 0) is 42.2 Å². The molecule has 0 atom stereocenters. The quantitative estimate of drug-likeness (QED) is 0.875. The summed E-state index contributed by atoms with van der Waals surface area (Å²) in [7, 11) is 0. The van der Waals surface area contributed by atoms with Crippen molar-refractivity contribution in [3.05, 3.63) is 64.7 Å². The lowest BCUT2D eigenvalue weighted by Gasteiger charge is -2.16. The molecule has 110 valence electrons. The molecule has 2 aromatic carbocycles. The zero-order chi connectivity index (χ0) is 15.6. The Morgan fingerprint density at radius 2 is 1.81 bits per heavy atom. The second-order valence-electron chi connectivity index (χ2n) is 5.28. The third-order valence-corrected chi connectivity index (χ3v) is 3.35. The van der Waals surface area contributed by atoms with Gasteiger partial charge in [-0.1, -0.05) is 32.0 Å². The van der Waals surface area contributed by atoms with Gasteiger partial charge >= 0.3 is 0 Å². The van der Waals surface area contributed by atoms with Gasteiger partial charge in [0.2, 0.25) is 0 Å². The van der Waals surface area contributed by atoms with Crippen LogP contribution in [0.15, 0.2) is 36.4 Å². The average Bonchev–Trinajstić information content (AvgIpc) is 2.43. The molecule has 0 aliphatic carbocycles. The Hall–Kier alpha value is -2.23. The Bertz CT molecular complexity index is 680. The molecule has 1 amide bonds. The second kappa shape index (κ2) is 6.04. The molecule has 0 aromatic heterocycles. The fourth-order valence-electron chi connectivity index (χ4n) is 2.17. The summed E-state index contributed by atoms with van der Waals surface area (Å²) in [6, 6.07) is 8.88. The molecule has 0 fully saturated rings. The average molecular weight is 289 g/mol. The summed E-state index contributed by atoms with van der Waals surface area (Å²) in [4.78, 5) is 12.2. The van der Waals surface area contributed by atoms with E-state index in [1.165, 1.54) is 6.07 Å². The lowest BCUT2D eigenvalue weighted by molar-refractivity contribution is 0.102. The molecule has 0 saturated heterocycles. The van der Waals surface area contributed by atoms with Crippen molar-refractivity contribution in [2.75, 3.05) is 5.32 Å². The van der Waals surface area contributed by atoms with E-state index in [4.69, 9.17) is 0 Å². The van der Waals surface area contributed by atoms with Gasteiger partial charge < -0.3 is 5.32 Å². The molecule has 0 saturated carbocycles. The van der Waals surface area contributed by atoms with Crippen molar-refractivity contribution >= 4 is 11.6 Å². The minimum Gasteiger partial charge on any atom is -0.321 e. The van der Waals surface area contributed by atoms with E-state index in [1.54, 1.807) is 0 Å². The Kier molecular flexibility index (Phi) is 4.36. The van der Waals surface area contributed by atoms with Crippen molar-refractivity contribution in [1.82, 2.24) is 0 Å². The van der Waals surface area contributed by atoms with Crippen LogP contribution in [0.25, 0.3) is 0 Å². The highest BCUT2D eigenvalue weighted by atomic mass is 19.2. The first-order chi connectivity index (χ1) is 9.90. The van der Waals surface area contributed by atoms with Crippen molar-refractivity contribution in [3.63, 3.8) is 0 Å². The van der Waals surface area contributed by atoms with E-state index in [1.807, 2.05) is 39.0 Å². The molecule has 0 heterocycles. The zero-order valence-electron chi connectivity index (χ0n) is 12.2. The van der Waals surface area contributed by atoms with Crippen molar-refractivity contribution in [1.29, 1.82) is 0 Å². The molecule has 0 bridgehead atoms. The van der Waals surface area contributed by atoms with Crippen LogP contribution >= 0.6 is 0 Å². The number of carbonyl (C=O) groups is 1. The van der Waals surface area contributed by atoms with Crippen LogP contribution in [-0.4, -0.2) is 5.91 Å². The molecule has 21 heavy (non-hydrogen) atoms. The number of amides is 1. The van der Waals surface area contributed by atoms with Crippen LogP contribution in [0, 0.1) is 18.6 Å². The number of hydrogen-bond acceptors (Lipinski definition) is 1. The molecule has 2 aromatic rings. The van der Waals surface area contributed by atoms with E-state index >= 15 is 0 Å². The highest BCUT2D eigenvalue weighted by molar-refractivity contribution is 6.05. The lowest BCUT2D eigenvalue weighted by Crippen LogP contribution is -2.15. The van der Waals surface area contributed by atoms with E-state index < -0.39 is 17.5 Å². The number of rotatable bonds is 3. The molecular weight excluding hydrogens is 272 g/mol. The van der Waals surface area contributed by atoms with Gasteiger partial charge in [0.1, 0.15) is 0 Å². The van der Waals surface area contributed by atoms with Crippen LogP contribution in [0.5, 0.6) is 0 Å². The van der Waals surface area contributed by atoms with Crippen LogP contribution in [0.3, 0.4) is 0 Å². The molecule has 0 spiro atoms. The van der Waals surface area contributed by atoms with Gasteiger partial charge in [0.15, 0.2) is 11.6 Å². The molecule has 0 radical (unpaired) electrons. The summed E-state index contributed by atoms with van der Waals surface area (Å²) in [5.74, 6) is -2.21. The molecule has 0 unspecified atom stereocenters. The number of hydrogen-bond donors (Lipinski definition) is 1. The number of anilines is 1. The van der Waals surface area contributed by atoms with E-state index in [0.717, 1.165) is 28.9 Å². The maximum absolute atomic E-state index is 13.2. The molecule has 2 rings (SSSR count). The number of aryl methyl sites for hydroxylation is 1. The normalized spacial score (nSPS) is 10.8. The van der Waals surface area contributed by atoms with Gasteiger partial charge in [-0.25, -0.2) is 8.78 Å². The smallest absolute Gasteiger partial charge is 0.255 e. The Labute approximate surface area is 122 Å².